The van der Waals surface area contributed by atoms with Crippen molar-refractivity contribution in [2.24, 2.45) is 17.8 Å². The van der Waals surface area contributed by atoms with E-state index in [0.29, 0.717) is 30.5 Å². The summed E-state index contributed by atoms with van der Waals surface area (Å²) in [6.45, 7) is 4.20. The van der Waals surface area contributed by atoms with Crippen LogP contribution in [-0.4, -0.2) is 22.1 Å². The highest BCUT2D eigenvalue weighted by molar-refractivity contribution is 5.76. The van der Waals surface area contributed by atoms with Crippen molar-refractivity contribution in [3.05, 3.63) is 35.7 Å². The van der Waals surface area contributed by atoms with Gasteiger partial charge in [-0.15, -0.1) is 0 Å². The molecule has 2 bridgehead atoms. The Labute approximate surface area is 154 Å². The van der Waals surface area contributed by atoms with Crippen molar-refractivity contribution in [3.8, 4) is 11.4 Å². The van der Waals surface area contributed by atoms with Crippen molar-refractivity contribution in [1.82, 2.24) is 15.5 Å². The first kappa shape index (κ1) is 17.3. The molecule has 5 heteroatoms. The summed E-state index contributed by atoms with van der Waals surface area (Å²) in [6.07, 6.45) is 6.26. The minimum Gasteiger partial charge on any atom is -0.353 e. The predicted octanol–water partition coefficient (Wildman–Crippen LogP) is 3.92. The molecule has 2 fully saturated rings. The van der Waals surface area contributed by atoms with Gasteiger partial charge in [0.2, 0.25) is 17.6 Å². The fourth-order valence-electron chi connectivity index (χ4n) is 4.74. The van der Waals surface area contributed by atoms with Crippen molar-refractivity contribution in [1.29, 1.82) is 0 Å². The van der Waals surface area contributed by atoms with Gasteiger partial charge >= 0.3 is 0 Å². The lowest BCUT2D eigenvalue weighted by Gasteiger charge is -2.28. The van der Waals surface area contributed by atoms with Crippen LogP contribution in [0.15, 0.2) is 28.8 Å². The van der Waals surface area contributed by atoms with Gasteiger partial charge in [-0.3, -0.25) is 4.79 Å². The Hall–Kier alpha value is -2.17. The molecule has 4 unspecified atom stereocenters. The normalized spacial score (nSPS) is 25.4. The lowest BCUT2D eigenvalue weighted by Crippen LogP contribution is -2.40. The average molecular weight is 353 g/mol. The van der Waals surface area contributed by atoms with Crippen molar-refractivity contribution in [2.75, 3.05) is 0 Å². The van der Waals surface area contributed by atoms with Gasteiger partial charge in [-0.2, -0.15) is 4.98 Å². The highest BCUT2D eigenvalue weighted by atomic mass is 16.5. The Morgan fingerprint density at radius 1 is 1.27 bits per heavy atom. The molecule has 1 aromatic heterocycles. The van der Waals surface area contributed by atoms with E-state index in [4.69, 9.17) is 4.52 Å². The van der Waals surface area contributed by atoms with Gasteiger partial charge in [0.15, 0.2) is 0 Å². The van der Waals surface area contributed by atoms with Crippen molar-refractivity contribution in [3.63, 3.8) is 0 Å². The Kier molecular flexibility index (Phi) is 4.79. The molecule has 1 heterocycles. The van der Waals surface area contributed by atoms with Crippen LogP contribution in [0, 0.1) is 24.7 Å². The monoisotopic (exact) mass is 353 g/mol. The van der Waals surface area contributed by atoms with Crippen LogP contribution in [0.1, 0.15) is 50.5 Å². The number of benzene rings is 1. The standard InChI is InChI=1S/C21H27N3O2/c1-13-3-6-16(7-4-13)21-23-20(26-24-21)10-9-19(25)22-14(2)18-12-15-5-8-17(18)11-15/h3-4,6-7,14-15,17-18H,5,8-12H2,1-2H3,(H,22,25). The summed E-state index contributed by atoms with van der Waals surface area (Å²) >= 11 is 0. The molecule has 138 valence electrons. The van der Waals surface area contributed by atoms with Crippen molar-refractivity contribution in [2.45, 2.75) is 58.4 Å². The third-order valence-corrected chi connectivity index (χ3v) is 6.17. The number of carbonyl (C=O) groups is 1. The van der Waals surface area contributed by atoms with E-state index >= 15 is 0 Å². The minimum atomic E-state index is 0.0790. The van der Waals surface area contributed by atoms with E-state index in [-0.39, 0.29) is 11.9 Å². The van der Waals surface area contributed by atoms with Crippen molar-refractivity contribution >= 4 is 5.91 Å². The second-order valence-electron chi connectivity index (χ2n) is 8.07. The second kappa shape index (κ2) is 7.22. The summed E-state index contributed by atoms with van der Waals surface area (Å²) in [5.74, 6) is 3.56. The summed E-state index contributed by atoms with van der Waals surface area (Å²) in [5, 5.41) is 7.22. The molecule has 0 saturated heterocycles. The third-order valence-electron chi connectivity index (χ3n) is 6.17. The Balaban J connectivity index is 1.27. The van der Waals surface area contributed by atoms with Gasteiger partial charge in [-0.25, -0.2) is 0 Å². The highest BCUT2D eigenvalue weighted by Crippen LogP contribution is 2.49. The summed E-state index contributed by atoms with van der Waals surface area (Å²) in [5.41, 5.74) is 2.12. The molecule has 4 atom stereocenters. The number of carbonyl (C=O) groups excluding carboxylic acids is 1. The van der Waals surface area contributed by atoms with E-state index in [1.807, 2.05) is 31.2 Å². The molecule has 1 amide bonds. The van der Waals surface area contributed by atoms with Crippen LogP contribution in [0.25, 0.3) is 11.4 Å². The first-order valence-corrected chi connectivity index (χ1v) is 9.77. The maximum absolute atomic E-state index is 12.3. The molecule has 1 N–H and O–H groups in total. The van der Waals surface area contributed by atoms with Crippen LogP contribution in [-0.2, 0) is 11.2 Å². The molecule has 26 heavy (non-hydrogen) atoms. The van der Waals surface area contributed by atoms with E-state index in [1.165, 1.54) is 31.2 Å². The molecule has 2 aliphatic rings. The van der Waals surface area contributed by atoms with Crippen LogP contribution in [0.4, 0.5) is 0 Å². The van der Waals surface area contributed by atoms with Gasteiger partial charge in [0.1, 0.15) is 0 Å². The number of rotatable bonds is 6. The van der Waals surface area contributed by atoms with E-state index in [0.717, 1.165) is 17.4 Å². The number of fused-ring (bicyclic) bond motifs is 2. The summed E-state index contributed by atoms with van der Waals surface area (Å²) in [6, 6.07) is 8.27. The Morgan fingerprint density at radius 3 is 2.77 bits per heavy atom. The van der Waals surface area contributed by atoms with Gasteiger partial charge < -0.3 is 9.84 Å². The average Bonchev–Trinajstić information content (AvgIpc) is 3.37. The van der Waals surface area contributed by atoms with Gasteiger partial charge in [0.25, 0.3) is 0 Å². The van der Waals surface area contributed by atoms with Crippen LogP contribution >= 0.6 is 0 Å². The van der Waals surface area contributed by atoms with Gasteiger partial charge in [-0.1, -0.05) is 41.4 Å². The molecule has 2 saturated carbocycles. The van der Waals surface area contributed by atoms with Gasteiger partial charge in [0.05, 0.1) is 0 Å². The van der Waals surface area contributed by atoms with Crippen LogP contribution in [0.3, 0.4) is 0 Å². The summed E-state index contributed by atoms with van der Waals surface area (Å²) in [4.78, 5) is 16.7. The molecule has 0 radical (unpaired) electrons. The Bertz CT molecular complexity index is 768. The largest absolute Gasteiger partial charge is 0.353 e. The number of nitrogens with one attached hydrogen (secondary N) is 1. The topological polar surface area (TPSA) is 68.0 Å². The smallest absolute Gasteiger partial charge is 0.227 e. The van der Waals surface area contributed by atoms with Crippen LogP contribution in [0.2, 0.25) is 0 Å². The first-order valence-electron chi connectivity index (χ1n) is 9.77. The fraction of sp³-hybridized carbons (Fsp3) is 0.571. The summed E-state index contributed by atoms with van der Waals surface area (Å²) < 4.78 is 5.30. The van der Waals surface area contributed by atoms with E-state index < -0.39 is 0 Å². The number of aryl methyl sites for hydroxylation is 2. The third kappa shape index (κ3) is 3.67. The number of amides is 1. The van der Waals surface area contributed by atoms with Crippen LogP contribution < -0.4 is 5.32 Å². The highest BCUT2D eigenvalue weighted by Gasteiger charge is 2.42. The van der Waals surface area contributed by atoms with Crippen LogP contribution in [0.5, 0.6) is 0 Å². The fourth-order valence-corrected chi connectivity index (χ4v) is 4.74. The zero-order valence-corrected chi connectivity index (χ0v) is 15.6. The molecule has 2 aromatic rings. The zero-order valence-electron chi connectivity index (χ0n) is 15.6. The molecule has 0 spiro atoms. The first-order chi connectivity index (χ1) is 12.6. The minimum absolute atomic E-state index is 0.0790. The quantitative estimate of drug-likeness (QED) is 0.855. The van der Waals surface area contributed by atoms with E-state index in [2.05, 4.69) is 22.4 Å². The summed E-state index contributed by atoms with van der Waals surface area (Å²) in [7, 11) is 0. The molecule has 5 nitrogen and oxygen atoms in total. The Morgan fingerprint density at radius 2 is 2.08 bits per heavy atom. The van der Waals surface area contributed by atoms with Gasteiger partial charge in [-0.05, 0) is 50.9 Å². The second-order valence-corrected chi connectivity index (χ2v) is 8.07. The number of nitrogens with zero attached hydrogens (tertiary/aromatic N) is 2. The lowest BCUT2D eigenvalue weighted by molar-refractivity contribution is -0.122. The maximum Gasteiger partial charge on any atom is 0.227 e. The number of hydrogen-bond donors (Lipinski definition) is 1. The zero-order chi connectivity index (χ0) is 18.1. The molecule has 2 aliphatic carbocycles. The maximum atomic E-state index is 12.3. The molecular formula is C21H27N3O2. The number of aromatic nitrogens is 2. The lowest BCUT2D eigenvalue weighted by atomic mass is 9.84. The molecule has 4 rings (SSSR count). The van der Waals surface area contributed by atoms with E-state index in [9.17, 15) is 4.79 Å². The molecule has 0 aliphatic heterocycles. The molecular weight excluding hydrogens is 326 g/mol. The van der Waals surface area contributed by atoms with E-state index in [1.54, 1.807) is 0 Å². The number of hydrogen-bond acceptors (Lipinski definition) is 4. The SMILES string of the molecule is Cc1ccc(-c2noc(CCC(=O)NC(C)C3CC4CCC3C4)n2)cc1. The van der Waals surface area contributed by atoms with Gasteiger partial charge in [0, 0.05) is 24.4 Å². The van der Waals surface area contributed by atoms with Crippen molar-refractivity contribution < 1.29 is 9.32 Å². The predicted molar refractivity (Wildman–Crippen MR) is 99.3 cm³/mol. The molecule has 1 aromatic carbocycles.